The van der Waals surface area contributed by atoms with E-state index >= 15 is 0 Å². The summed E-state index contributed by atoms with van der Waals surface area (Å²) in [7, 11) is 1.58. The van der Waals surface area contributed by atoms with Crippen LogP contribution in [0.3, 0.4) is 0 Å². The number of carboxylic acids is 1. The van der Waals surface area contributed by atoms with Crippen LogP contribution in [0.15, 0.2) is 66.9 Å². The molecule has 29 heavy (non-hydrogen) atoms. The van der Waals surface area contributed by atoms with Crippen LogP contribution in [0.1, 0.15) is 16.2 Å². The summed E-state index contributed by atoms with van der Waals surface area (Å²) in [5, 5.41) is 16.5. The Bertz CT molecular complexity index is 1170. The van der Waals surface area contributed by atoms with Gasteiger partial charge in [-0.3, -0.25) is 4.98 Å². The number of hydrogen-bond acceptors (Lipinski definition) is 5. The van der Waals surface area contributed by atoms with Crippen molar-refractivity contribution >= 4 is 5.97 Å². The van der Waals surface area contributed by atoms with Crippen LogP contribution in [0.2, 0.25) is 0 Å². The summed E-state index contributed by atoms with van der Waals surface area (Å²) in [6.07, 6.45) is 1.81. The minimum atomic E-state index is -1.19. The number of aryl methyl sites for hydroxylation is 2. The predicted octanol–water partition coefficient (Wildman–Crippen LogP) is 4.34. The Labute approximate surface area is 167 Å². The second kappa shape index (κ2) is 7.55. The third-order valence-electron chi connectivity index (χ3n) is 4.50. The lowest BCUT2D eigenvalue weighted by atomic mass is 10.0. The maximum atomic E-state index is 11.2. The zero-order chi connectivity index (χ0) is 20.4. The molecule has 0 radical (unpaired) electrons. The Kier molecular flexibility index (Phi) is 4.78. The summed E-state index contributed by atoms with van der Waals surface area (Å²) < 4.78 is 6.96. The molecule has 2 aromatic heterocycles. The van der Waals surface area contributed by atoms with Crippen molar-refractivity contribution in [3.8, 4) is 33.9 Å². The van der Waals surface area contributed by atoms with Gasteiger partial charge in [0.1, 0.15) is 5.75 Å². The van der Waals surface area contributed by atoms with E-state index in [1.807, 2.05) is 31.3 Å². The lowest BCUT2D eigenvalue weighted by Crippen LogP contribution is -2.01. The molecule has 7 nitrogen and oxygen atoms in total. The van der Waals surface area contributed by atoms with Crippen LogP contribution in [0, 0.1) is 6.92 Å². The average molecular weight is 386 g/mol. The highest BCUT2D eigenvalue weighted by Crippen LogP contribution is 2.28. The van der Waals surface area contributed by atoms with Gasteiger partial charge in [-0.1, -0.05) is 41.6 Å². The van der Waals surface area contributed by atoms with Gasteiger partial charge in [0.15, 0.2) is 0 Å². The second-order valence-corrected chi connectivity index (χ2v) is 6.56. The molecule has 1 N–H and O–H groups in total. The summed E-state index contributed by atoms with van der Waals surface area (Å²) in [5.74, 6) is -0.595. The Morgan fingerprint density at radius 3 is 2.10 bits per heavy atom. The van der Waals surface area contributed by atoms with Gasteiger partial charge in [0.05, 0.1) is 0 Å². The largest absolute Gasteiger partial charge is 0.476 e. The Morgan fingerprint density at radius 1 is 0.931 bits per heavy atom. The standard InChI is InChI=1S/C22H18N4O3/c1-14-13-18(11-12-23-14)17-5-3-15(4-6-17)16-7-9-19(10-8-16)29-21-20(22(27)28)24-25-26(21)2/h3-13H,1-2H3,(H,27,28). The van der Waals surface area contributed by atoms with E-state index in [-0.39, 0.29) is 11.6 Å². The number of rotatable bonds is 5. The third-order valence-corrected chi connectivity index (χ3v) is 4.50. The number of aromatic carboxylic acids is 1. The number of carbonyl (C=O) groups is 1. The molecule has 7 heteroatoms. The van der Waals surface area contributed by atoms with E-state index in [4.69, 9.17) is 4.74 Å². The number of hydrogen-bond donors (Lipinski definition) is 1. The number of carboxylic acid groups (broad SMARTS) is 1. The smallest absolute Gasteiger partial charge is 0.362 e. The molecule has 0 aliphatic rings. The first kappa shape index (κ1) is 18.4. The van der Waals surface area contributed by atoms with Gasteiger partial charge in [-0.2, -0.15) is 0 Å². The molecule has 0 bridgehead atoms. The van der Waals surface area contributed by atoms with Crippen LogP contribution in [-0.2, 0) is 7.05 Å². The first-order valence-corrected chi connectivity index (χ1v) is 8.95. The summed E-state index contributed by atoms with van der Waals surface area (Å²) in [6.45, 7) is 1.97. The summed E-state index contributed by atoms with van der Waals surface area (Å²) in [4.78, 5) is 15.4. The topological polar surface area (TPSA) is 90.1 Å². The zero-order valence-corrected chi connectivity index (χ0v) is 15.9. The molecule has 0 aliphatic heterocycles. The van der Waals surface area contributed by atoms with E-state index in [9.17, 15) is 9.90 Å². The fraction of sp³-hybridized carbons (Fsp3) is 0.0909. The van der Waals surface area contributed by atoms with Gasteiger partial charge in [-0.25, -0.2) is 9.48 Å². The maximum absolute atomic E-state index is 11.2. The molecule has 4 rings (SSSR count). The van der Waals surface area contributed by atoms with Crippen molar-refractivity contribution in [2.75, 3.05) is 0 Å². The van der Waals surface area contributed by atoms with Gasteiger partial charge in [0.2, 0.25) is 5.69 Å². The van der Waals surface area contributed by atoms with Crippen molar-refractivity contribution in [1.82, 2.24) is 20.0 Å². The monoisotopic (exact) mass is 386 g/mol. The molecule has 144 valence electrons. The van der Waals surface area contributed by atoms with E-state index in [2.05, 4.69) is 45.6 Å². The predicted molar refractivity (Wildman–Crippen MR) is 108 cm³/mol. The van der Waals surface area contributed by atoms with Crippen LogP contribution < -0.4 is 4.74 Å². The van der Waals surface area contributed by atoms with Crippen molar-refractivity contribution in [3.63, 3.8) is 0 Å². The highest BCUT2D eigenvalue weighted by molar-refractivity contribution is 5.87. The highest BCUT2D eigenvalue weighted by atomic mass is 16.5. The normalized spacial score (nSPS) is 10.7. The number of ether oxygens (including phenoxy) is 1. The molecular formula is C22H18N4O3. The minimum absolute atomic E-state index is 0.0854. The van der Waals surface area contributed by atoms with Crippen molar-refractivity contribution in [1.29, 1.82) is 0 Å². The average Bonchev–Trinajstić information content (AvgIpc) is 3.09. The van der Waals surface area contributed by atoms with Crippen molar-refractivity contribution in [2.24, 2.45) is 7.05 Å². The van der Waals surface area contributed by atoms with Crippen LogP contribution in [-0.4, -0.2) is 31.1 Å². The van der Waals surface area contributed by atoms with E-state index in [1.165, 1.54) is 4.68 Å². The number of aromatic nitrogens is 4. The van der Waals surface area contributed by atoms with Gasteiger partial charge in [-0.05, 0) is 53.4 Å². The van der Waals surface area contributed by atoms with Crippen LogP contribution >= 0.6 is 0 Å². The number of benzene rings is 2. The van der Waals surface area contributed by atoms with Gasteiger partial charge in [-0.15, -0.1) is 5.10 Å². The summed E-state index contributed by atoms with van der Waals surface area (Å²) >= 11 is 0. The molecule has 0 amide bonds. The highest BCUT2D eigenvalue weighted by Gasteiger charge is 2.19. The molecule has 0 atom stereocenters. The lowest BCUT2D eigenvalue weighted by molar-refractivity contribution is 0.0687. The SMILES string of the molecule is Cc1cc(-c2ccc(-c3ccc(Oc4c(C(=O)O)nnn4C)cc3)cc2)ccn1. The molecule has 2 heterocycles. The fourth-order valence-electron chi connectivity index (χ4n) is 3.00. The molecule has 0 spiro atoms. The van der Waals surface area contributed by atoms with Gasteiger partial charge < -0.3 is 9.84 Å². The van der Waals surface area contributed by atoms with Crippen molar-refractivity contribution < 1.29 is 14.6 Å². The van der Waals surface area contributed by atoms with Crippen molar-refractivity contribution in [3.05, 3.63) is 78.2 Å². The van der Waals surface area contributed by atoms with Gasteiger partial charge in [0.25, 0.3) is 5.88 Å². The van der Waals surface area contributed by atoms with Crippen molar-refractivity contribution in [2.45, 2.75) is 6.92 Å². The fourth-order valence-corrected chi connectivity index (χ4v) is 3.00. The van der Waals surface area contributed by atoms with Gasteiger partial charge in [0, 0.05) is 18.9 Å². The second-order valence-electron chi connectivity index (χ2n) is 6.56. The third kappa shape index (κ3) is 3.84. The molecule has 0 fully saturated rings. The molecule has 0 saturated carbocycles. The van der Waals surface area contributed by atoms with E-state index < -0.39 is 5.97 Å². The molecule has 2 aromatic carbocycles. The summed E-state index contributed by atoms with van der Waals surface area (Å²) in [6, 6.07) is 19.7. The molecular weight excluding hydrogens is 368 g/mol. The Hall–Kier alpha value is -4.00. The quantitative estimate of drug-likeness (QED) is 0.549. The Balaban J connectivity index is 1.54. The van der Waals surface area contributed by atoms with Crippen LogP contribution in [0.4, 0.5) is 0 Å². The minimum Gasteiger partial charge on any atom is -0.476 e. The molecule has 0 aliphatic carbocycles. The van der Waals surface area contributed by atoms with Crippen LogP contribution in [0.25, 0.3) is 22.3 Å². The first-order chi connectivity index (χ1) is 14.0. The molecule has 4 aromatic rings. The number of pyridine rings is 1. The van der Waals surface area contributed by atoms with E-state index in [0.29, 0.717) is 5.75 Å². The summed E-state index contributed by atoms with van der Waals surface area (Å²) in [5.41, 5.74) is 5.11. The van der Waals surface area contributed by atoms with Crippen LogP contribution in [0.5, 0.6) is 11.6 Å². The zero-order valence-electron chi connectivity index (χ0n) is 15.9. The van der Waals surface area contributed by atoms with Gasteiger partial charge >= 0.3 is 5.97 Å². The lowest BCUT2D eigenvalue weighted by Gasteiger charge is -2.08. The maximum Gasteiger partial charge on any atom is 0.362 e. The number of nitrogens with zero attached hydrogens (tertiary/aromatic N) is 4. The van der Waals surface area contributed by atoms with E-state index in [1.54, 1.807) is 19.2 Å². The molecule has 0 saturated heterocycles. The molecule has 0 unspecified atom stereocenters. The Morgan fingerprint density at radius 2 is 1.52 bits per heavy atom. The van der Waals surface area contributed by atoms with E-state index in [0.717, 1.165) is 27.9 Å². The first-order valence-electron chi connectivity index (χ1n) is 8.95.